The van der Waals surface area contributed by atoms with Crippen molar-refractivity contribution in [2.75, 3.05) is 7.11 Å². The number of carboxylic acid groups (broad SMARTS) is 2. The van der Waals surface area contributed by atoms with E-state index in [9.17, 15) is 53.4 Å². The Morgan fingerprint density at radius 3 is 1.20 bits per heavy atom. The van der Waals surface area contributed by atoms with Gasteiger partial charge in [0.25, 0.3) is 0 Å². The fourth-order valence-corrected chi connectivity index (χ4v) is 7.00. The number of carbonyl (C=O) groups is 9. The van der Waals surface area contributed by atoms with Crippen molar-refractivity contribution in [3.05, 3.63) is 106 Å². The number of esters is 7. The van der Waals surface area contributed by atoms with E-state index >= 15 is 0 Å². The molecule has 4 aliphatic heterocycles. The molecule has 0 radical (unpaired) electrons. The summed E-state index contributed by atoms with van der Waals surface area (Å²) in [6, 6.07) is 21.8. The van der Waals surface area contributed by atoms with Gasteiger partial charge in [-0.15, -0.1) is 0 Å². The molecular formula is C49H58Na2O20. The van der Waals surface area contributed by atoms with Crippen molar-refractivity contribution in [1.29, 1.82) is 0 Å². The van der Waals surface area contributed by atoms with E-state index in [-0.39, 0.29) is 158 Å². The van der Waals surface area contributed by atoms with Crippen molar-refractivity contribution in [2.24, 2.45) is 0 Å². The summed E-state index contributed by atoms with van der Waals surface area (Å²) in [5, 5.41) is 35.0. The van der Waals surface area contributed by atoms with Crippen LogP contribution in [0.3, 0.4) is 0 Å². The molecular weight excluding hydrogens is 954 g/mol. The molecule has 71 heavy (non-hydrogen) atoms. The summed E-state index contributed by atoms with van der Waals surface area (Å²) < 4.78 is 30.2. The molecule has 3 aromatic rings. The predicted molar refractivity (Wildman–Crippen MR) is 236 cm³/mol. The molecule has 7 rings (SSSR count). The monoisotopic (exact) mass is 1010 g/mol. The maximum absolute atomic E-state index is 11.7. The molecule has 3 unspecified atom stereocenters. The van der Waals surface area contributed by atoms with E-state index in [0.29, 0.717) is 55.2 Å². The SMILES string of the molecule is CC(CC[C@@H]1OC(=O)c2ccccc21)OC(=O)CCC(=O)O.CC(CC[C@@H]1OC(=O)c2ccccc21)OC(=O)CCC(=O)[O-].CC(O)CC[C@@H]1OC(=O)c2ccccc21.CO.O=C1CCC(=O)O1.[Na+].[Na+].[OH-]. The van der Waals surface area contributed by atoms with E-state index in [2.05, 4.69) is 4.74 Å². The molecule has 1 saturated heterocycles. The fraction of sp³-hybridized carbons (Fsp3) is 0.449. The fourth-order valence-electron chi connectivity index (χ4n) is 7.00. The molecule has 0 aromatic heterocycles. The molecule has 20 nitrogen and oxygen atoms in total. The van der Waals surface area contributed by atoms with Crippen LogP contribution in [-0.4, -0.2) is 99.9 Å². The molecule has 0 bridgehead atoms. The van der Waals surface area contributed by atoms with Crippen molar-refractivity contribution in [2.45, 2.75) is 134 Å². The van der Waals surface area contributed by atoms with Crippen LogP contribution in [0, 0.1) is 0 Å². The number of aliphatic carboxylic acids is 2. The van der Waals surface area contributed by atoms with Gasteiger partial charge >= 0.3 is 107 Å². The molecule has 4 heterocycles. The van der Waals surface area contributed by atoms with Crippen LogP contribution in [0.5, 0.6) is 0 Å². The van der Waals surface area contributed by atoms with Gasteiger partial charge in [0.05, 0.1) is 67.1 Å². The molecule has 0 amide bonds. The topological polar surface area (TPSA) is 323 Å². The number of hydrogen-bond acceptors (Lipinski definition) is 19. The second-order valence-electron chi connectivity index (χ2n) is 15.7. The Bertz CT molecular complexity index is 2130. The average molecular weight is 1010 g/mol. The Kier molecular flexibility index (Phi) is 31.9. The molecule has 0 saturated carbocycles. The van der Waals surface area contributed by atoms with Gasteiger partial charge in [-0.3, -0.25) is 24.0 Å². The second kappa shape index (κ2) is 34.4. The van der Waals surface area contributed by atoms with Crippen molar-refractivity contribution >= 4 is 53.7 Å². The third kappa shape index (κ3) is 22.9. The van der Waals surface area contributed by atoms with Crippen molar-refractivity contribution in [3.63, 3.8) is 0 Å². The van der Waals surface area contributed by atoms with E-state index in [4.69, 9.17) is 33.9 Å². The van der Waals surface area contributed by atoms with Crippen LogP contribution in [0.4, 0.5) is 0 Å². The Morgan fingerprint density at radius 1 is 0.577 bits per heavy atom. The molecule has 1 fully saturated rings. The molecule has 376 valence electrons. The van der Waals surface area contributed by atoms with Crippen LogP contribution in [0.1, 0.15) is 164 Å². The molecule has 6 atom stereocenters. The number of hydrogen-bond donors (Lipinski definition) is 3. The molecule has 3 aromatic carbocycles. The molecule has 4 aliphatic rings. The third-order valence-electron chi connectivity index (χ3n) is 10.4. The van der Waals surface area contributed by atoms with E-state index in [0.717, 1.165) is 23.8 Å². The van der Waals surface area contributed by atoms with Gasteiger partial charge in [-0.05, 0) is 83.9 Å². The van der Waals surface area contributed by atoms with Crippen molar-refractivity contribution in [1.82, 2.24) is 0 Å². The molecule has 0 aliphatic carbocycles. The van der Waals surface area contributed by atoms with E-state index in [1.54, 1.807) is 51.1 Å². The predicted octanol–water partition coefficient (Wildman–Crippen LogP) is -1.04. The number of ether oxygens (including phenoxy) is 6. The standard InChI is InChI=1S/2C16H18O6.C12H14O3.C4H4O3.CH4O.2Na.H2O/c2*1-10(21-15(19)9-8-14(17)18)6-7-13-11-4-2-3-5-12(11)16(20)22-13;1-8(13)6-7-11-9-4-2-3-5-10(9)12(14)15-11;5-3-1-2-4(6)7-3;1-2;;;/h2*2-5,10,13H,6-9H2,1H3,(H,17,18);2-5,8,11,13H,6-7H2,1H3;1-2H2;2H,1H3;;;1H2/q;;;;;2*+1;/p-2/t2*10?,13-;8?,11-;;;;;/m000...../s1. The minimum atomic E-state index is -1.28. The summed E-state index contributed by atoms with van der Waals surface area (Å²) in [6.07, 6.45) is 1.17. The number of fused-ring (bicyclic) bond motifs is 3. The van der Waals surface area contributed by atoms with Gasteiger partial charge in [-0.25, -0.2) is 14.4 Å². The quantitative estimate of drug-likeness (QED) is 0.0630. The first-order valence-corrected chi connectivity index (χ1v) is 22.0. The minimum Gasteiger partial charge on any atom is -0.870 e. The van der Waals surface area contributed by atoms with Crippen molar-refractivity contribution < 1.29 is 157 Å². The summed E-state index contributed by atoms with van der Waals surface area (Å²) in [5.41, 5.74) is 4.47. The van der Waals surface area contributed by atoms with E-state index in [1.165, 1.54) is 0 Å². The zero-order valence-corrected chi connectivity index (χ0v) is 44.7. The Morgan fingerprint density at radius 2 is 0.901 bits per heavy atom. The maximum atomic E-state index is 11.7. The van der Waals surface area contributed by atoms with Crippen LogP contribution in [0.2, 0.25) is 0 Å². The van der Waals surface area contributed by atoms with E-state index in [1.807, 2.05) is 42.5 Å². The first-order chi connectivity index (χ1) is 32.4. The Hall–Kier alpha value is -5.03. The van der Waals surface area contributed by atoms with Gasteiger partial charge < -0.3 is 59.1 Å². The number of benzene rings is 3. The zero-order chi connectivity index (χ0) is 50.3. The average Bonchev–Trinajstić information content (AvgIpc) is 4.06. The van der Waals surface area contributed by atoms with Gasteiger partial charge in [0.15, 0.2) is 0 Å². The third-order valence-corrected chi connectivity index (χ3v) is 10.4. The number of cyclic esters (lactones) is 5. The normalized spacial score (nSPS) is 17.3. The first-order valence-electron chi connectivity index (χ1n) is 22.0. The molecule has 22 heteroatoms. The van der Waals surface area contributed by atoms with Crippen LogP contribution in [-0.2, 0) is 57.2 Å². The Labute approximate surface area is 454 Å². The van der Waals surface area contributed by atoms with Crippen molar-refractivity contribution in [3.8, 4) is 0 Å². The van der Waals surface area contributed by atoms with Crippen LogP contribution in [0.15, 0.2) is 72.8 Å². The van der Waals surface area contributed by atoms with Gasteiger partial charge in [0.2, 0.25) is 0 Å². The smallest absolute Gasteiger partial charge is 0.870 e. The summed E-state index contributed by atoms with van der Waals surface area (Å²) in [4.78, 5) is 98.3. The zero-order valence-electron chi connectivity index (χ0n) is 40.7. The summed E-state index contributed by atoms with van der Waals surface area (Å²) >= 11 is 0. The van der Waals surface area contributed by atoms with Gasteiger partial charge in [-0.2, -0.15) is 0 Å². The summed E-state index contributed by atoms with van der Waals surface area (Å²) in [6.45, 7) is 5.20. The molecule has 0 spiro atoms. The second-order valence-corrected chi connectivity index (χ2v) is 15.7. The van der Waals surface area contributed by atoms with Crippen LogP contribution in [0.25, 0.3) is 0 Å². The number of rotatable bonds is 17. The summed E-state index contributed by atoms with van der Waals surface area (Å²) in [5.74, 6) is -5.11. The summed E-state index contributed by atoms with van der Waals surface area (Å²) in [7, 11) is 1.00. The number of aliphatic hydroxyl groups is 2. The largest absolute Gasteiger partial charge is 1.00 e. The van der Waals surface area contributed by atoms with Gasteiger partial charge in [-0.1, -0.05) is 54.6 Å². The van der Waals surface area contributed by atoms with Crippen LogP contribution >= 0.6 is 0 Å². The van der Waals surface area contributed by atoms with E-state index < -0.39 is 35.8 Å². The number of aliphatic hydroxyl groups excluding tert-OH is 2. The number of carboxylic acids is 2. The first kappa shape index (κ1) is 66.0. The molecule has 4 N–H and O–H groups in total. The van der Waals surface area contributed by atoms with Gasteiger partial charge in [0.1, 0.15) is 18.3 Å². The Balaban J connectivity index is 0.000000944. The van der Waals surface area contributed by atoms with Gasteiger partial charge in [0, 0.05) is 29.8 Å². The maximum Gasteiger partial charge on any atom is 1.00 e. The number of carbonyl (C=O) groups excluding carboxylic acids is 8. The van der Waals surface area contributed by atoms with Crippen LogP contribution < -0.4 is 64.2 Å². The minimum absolute atomic E-state index is 0.